The van der Waals surface area contributed by atoms with Crippen LogP contribution in [0.15, 0.2) is 39.9 Å². The highest BCUT2D eigenvalue weighted by Crippen LogP contribution is 2.25. The van der Waals surface area contributed by atoms with Gasteiger partial charge in [-0.2, -0.15) is 11.3 Å². The van der Waals surface area contributed by atoms with Gasteiger partial charge in [-0.3, -0.25) is 9.52 Å². The number of ether oxygens (including phenoxy) is 1. The van der Waals surface area contributed by atoms with Crippen LogP contribution in [0.1, 0.15) is 24.1 Å². The number of amides is 1. The smallest absolute Gasteiger partial charge is 0.267 e. The number of hydrogen-bond acceptors (Lipinski definition) is 6. The Kier molecular flexibility index (Phi) is 7.17. The Hall–Kier alpha value is -2.17. The lowest BCUT2D eigenvalue weighted by atomic mass is 10.1. The molecule has 3 N–H and O–H groups in total. The minimum Gasteiger partial charge on any atom is -0.495 e. The van der Waals surface area contributed by atoms with E-state index >= 15 is 0 Å². The first-order valence-corrected chi connectivity index (χ1v) is 10.8. The minimum atomic E-state index is -3.94. The Morgan fingerprint density at radius 1 is 1.33 bits per heavy atom. The molecule has 0 aliphatic rings. The van der Waals surface area contributed by atoms with Gasteiger partial charge in [-0.25, -0.2) is 8.42 Å². The number of nitrogens with one attached hydrogen (secondary N) is 3. The van der Waals surface area contributed by atoms with Crippen molar-refractivity contribution in [1.82, 2.24) is 15.4 Å². The van der Waals surface area contributed by atoms with Crippen LogP contribution < -0.4 is 20.1 Å². The SMILES string of the molecule is CNC(=S)NS(=O)(=O)c1cc(CC(=O)NC(C)c2ccsc2)ccc1OC. The third-order valence-electron chi connectivity index (χ3n) is 3.76. The molecule has 146 valence electrons. The molecule has 1 amide bonds. The summed E-state index contributed by atoms with van der Waals surface area (Å²) in [6, 6.07) is 6.41. The van der Waals surface area contributed by atoms with E-state index in [2.05, 4.69) is 15.4 Å². The molecule has 27 heavy (non-hydrogen) atoms. The molecule has 0 saturated heterocycles. The molecule has 10 heteroatoms. The maximum Gasteiger partial charge on any atom is 0.267 e. The first kappa shape index (κ1) is 21.1. The molecule has 1 atom stereocenters. The van der Waals surface area contributed by atoms with Crippen LogP contribution in [0.4, 0.5) is 0 Å². The number of benzene rings is 1. The van der Waals surface area contributed by atoms with Crippen LogP contribution in [0.25, 0.3) is 0 Å². The average Bonchev–Trinajstić information content (AvgIpc) is 3.16. The van der Waals surface area contributed by atoms with E-state index in [9.17, 15) is 13.2 Å². The third kappa shape index (κ3) is 5.65. The molecule has 2 rings (SSSR count). The lowest BCUT2D eigenvalue weighted by molar-refractivity contribution is -0.121. The van der Waals surface area contributed by atoms with Gasteiger partial charge in [0.2, 0.25) is 5.91 Å². The lowest BCUT2D eigenvalue weighted by Crippen LogP contribution is -2.37. The second-order valence-corrected chi connectivity index (χ2v) is 8.53. The molecular formula is C17H21N3O4S3. The first-order valence-electron chi connectivity index (χ1n) is 7.99. The molecule has 0 fully saturated rings. The van der Waals surface area contributed by atoms with E-state index in [0.29, 0.717) is 5.56 Å². The maximum atomic E-state index is 12.5. The van der Waals surface area contributed by atoms with Crippen molar-refractivity contribution < 1.29 is 17.9 Å². The van der Waals surface area contributed by atoms with E-state index in [4.69, 9.17) is 17.0 Å². The normalized spacial score (nSPS) is 12.1. The van der Waals surface area contributed by atoms with Crippen molar-refractivity contribution in [2.24, 2.45) is 0 Å². The van der Waals surface area contributed by atoms with E-state index in [0.717, 1.165) is 5.56 Å². The van der Waals surface area contributed by atoms with Crippen LogP contribution >= 0.6 is 23.6 Å². The minimum absolute atomic E-state index is 0.0372. The Bertz CT molecular complexity index is 912. The van der Waals surface area contributed by atoms with Gasteiger partial charge in [-0.05, 0) is 59.2 Å². The summed E-state index contributed by atoms with van der Waals surface area (Å²) in [5.41, 5.74) is 1.57. The molecule has 1 aromatic carbocycles. The number of thiocarbonyl (C=S) groups is 1. The summed E-state index contributed by atoms with van der Waals surface area (Å²) in [4.78, 5) is 12.2. The van der Waals surface area contributed by atoms with Crippen molar-refractivity contribution in [3.63, 3.8) is 0 Å². The zero-order chi connectivity index (χ0) is 20.0. The van der Waals surface area contributed by atoms with Gasteiger partial charge in [0.05, 0.1) is 19.6 Å². The fourth-order valence-electron chi connectivity index (χ4n) is 2.35. The van der Waals surface area contributed by atoms with E-state index in [-0.39, 0.29) is 34.1 Å². The predicted octanol–water partition coefficient (Wildman–Crippen LogP) is 1.96. The fraction of sp³-hybridized carbons (Fsp3) is 0.294. The van der Waals surface area contributed by atoms with E-state index in [1.807, 2.05) is 23.8 Å². The van der Waals surface area contributed by atoms with Crippen LogP contribution in [0.3, 0.4) is 0 Å². The number of sulfonamides is 1. The van der Waals surface area contributed by atoms with Gasteiger partial charge < -0.3 is 15.4 Å². The van der Waals surface area contributed by atoms with Crippen molar-refractivity contribution in [1.29, 1.82) is 0 Å². The van der Waals surface area contributed by atoms with Crippen LogP contribution in [0.2, 0.25) is 0 Å². The number of hydrogen-bond donors (Lipinski definition) is 3. The van der Waals surface area contributed by atoms with Crippen LogP contribution in [-0.2, 0) is 21.2 Å². The molecule has 1 unspecified atom stereocenters. The van der Waals surface area contributed by atoms with Crippen molar-refractivity contribution >= 4 is 44.6 Å². The molecule has 2 aromatic rings. The molecule has 0 spiro atoms. The summed E-state index contributed by atoms with van der Waals surface area (Å²) in [7, 11) is -1.05. The highest BCUT2D eigenvalue weighted by Gasteiger charge is 2.22. The predicted molar refractivity (Wildman–Crippen MR) is 110 cm³/mol. The molecule has 1 heterocycles. The number of carbonyl (C=O) groups excluding carboxylic acids is 1. The molecule has 0 aliphatic carbocycles. The summed E-state index contributed by atoms with van der Waals surface area (Å²) < 4.78 is 32.4. The monoisotopic (exact) mass is 427 g/mol. The summed E-state index contributed by atoms with van der Waals surface area (Å²) in [6.45, 7) is 1.90. The van der Waals surface area contributed by atoms with Crippen molar-refractivity contribution in [3.05, 3.63) is 46.2 Å². The number of thiophene rings is 1. The zero-order valence-electron chi connectivity index (χ0n) is 15.1. The quantitative estimate of drug-likeness (QED) is 0.585. The Balaban J connectivity index is 2.18. The molecule has 7 nitrogen and oxygen atoms in total. The summed E-state index contributed by atoms with van der Waals surface area (Å²) in [6.07, 6.45) is 0.0392. The number of rotatable bonds is 7. The molecular weight excluding hydrogens is 406 g/mol. The van der Waals surface area contributed by atoms with Gasteiger partial charge in [0.25, 0.3) is 10.0 Å². The Morgan fingerprint density at radius 2 is 2.07 bits per heavy atom. The topological polar surface area (TPSA) is 96.5 Å². The molecule has 0 bridgehead atoms. The average molecular weight is 428 g/mol. The van der Waals surface area contributed by atoms with Crippen molar-refractivity contribution in [2.45, 2.75) is 24.3 Å². The fourth-order valence-corrected chi connectivity index (χ4v) is 4.61. The molecule has 0 saturated carbocycles. The zero-order valence-corrected chi connectivity index (χ0v) is 17.6. The highest BCUT2D eigenvalue weighted by molar-refractivity contribution is 7.92. The molecule has 0 aliphatic heterocycles. The summed E-state index contributed by atoms with van der Waals surface area (Å²) >= 11 is 6.43. The van der Waals surface area contributed by atoms with Gasteiger partial charge in [0.15, 0.2) is 5.11 Å². The molecule has 1 aromatic heterocycles. The Labute approximate surface area is 168 Å². The third-order valence-corrected chi connectivity index (χ3v) is 6.26. The first-order chi connectivity index (χ1) is 12.8. The van der Waals surface area contributed by atoms with Gasteiger partial charge in [-0.15, -0.1) is 0 Å². The summed E-state index contributed by atoms with van der Waals surface area (Å²) in [5.74, 6) is -0.0434. The van der Waals surface area contributed by atoms with Gasteiger partial charge in [0.1, 0.15) is 10.6 Å². The van der Waals surface area contributed by atoms with Gasteiger partial charge >= 0.3 is 0 Å². The van der Waals surface area contributed by atoms with E-state index < -0.39 is 10.0 Å². The standard InChI is InChI=1S/C17H21N3O4S3/c1-11(13-6-7-26-10-13)19-16(21)9-12-4-5-14(24-3)15(8-12)27(22,23)20-17(25)18-2/h4-8,10-11H,9H2,1-3H3,(H,19,21)(H2,18,20,25). The maximum absolute atomic E-state index is 12.5. The van der Waals surface area contributed by atoms with E-state index in [1.165, 1.54) is 26.3 Å². The largest absolute Gasteiger partial charge is 0.495 e. The number of carbonyl (C=O) groups is 1. The van der Waals surface area contributed by atoms with Crippen LogP contribution in [0.5, 0.6) is 5.75 Å². The van der Waals surface area contributed by atoms with Crippen molar-refractivity contribution in [2.75, 3.05) is 14.2 Å². The van der Waals surface area contributed by atoms with Crippen LogP contribution in [0, 0.1) is 0 Å². The Morgan fingerprint density at radius 3 is 2.67 bits per heavy atom. The van der Waals surface area contributed by atoms with Crippen LogP contribution in [-0.4, -0.2) is 33.6 Å². The van der Waals surface area contributed by atoms with Gasteiger partial charge in [0, 0.05) is 7.05 Å². The molecule has 0 radical (unpaired) electrons. The lowest BCUT2D eigenvalue weighted by Gasteiger charge is -2.15. The number of methoxy groups -OCH3 is 1. The van der Waals surface area contributed by atoms with Crippen molar-refractivity contribution in [3.8, 4) is 5.75 Å². The second kappa shape index (κ2) is 9.16. The summed E-state index contributed by atoms with van der Waals surface area (Å²) in [5, 5.41) is 9.33. The highest BCUT2D eigenvalue weighted by atomic mass is 32.2. The van der Waals surface area contributed by atoms with E-state index in [1.54, 1.807) is 17.4 Å². The second-order valence-electron chi connectivity index (χ2n) is 5.69. The van der Waals surface area contributed by atoms with Gasteiger partial charge in [-0.1, -0.05) is 6.07 Å².